The molecule has 4 heterocycles. The molecule has 0 saturated carbocycles. The smallest absolute Gasteiger partial charge is 0.421 e. The maximum Gasteiger partial charge on any atom is 0.421 e. The van der Waals surface area contributed by atoms with E-state index >= 15 is 14.4 Å². The molecule has 2 saturated heterocycles. The van der Waals surface area contributed by atoms with Crippen molar-refractivity contribution < 1.29 is 43.2 Å². The number of aliphatic hydroxyl groups is 1. The van der Waals surface area contributed by atoms with Gasteiger partial charge < -0.3 is 34.4 Å². The van der Waals surface area contributed by atoms with Crippen LogP contribution < -0.4 is 15.0 Å². The van der Waals surface area contributed by atoms with Gasteiger partial charge in [0.25, 0.3) is 0 Å². The summed E-state index contributed by atoms with van der Waals surface area (Å²) >= 11 is 0. The molecule has 0 unspecified atom stereocenters. The standard InChI is InChI=1S/C47H43N5O9/c1-58-26-27-60-46(57)51-35-22-12-9-19-32(35)47(45(51)56)38(43(54)48-28-37-49-33-20-10-11-21-34(33)50-37)40-44(55)61-41(30-16-6-3-7-17-30)39(29-14-4-2-5-15-29)52(40)42(47)31-18-8-13-23-36(31)59-25-24-53/h2-23,38-42,53H,24-28H2,1H3,(H,48,54)(H,49,50)/t38-,39-,40-,41+,42+,47-/m1/s1. The summed E-state index contributed by atoms with van der Waals surface area (Å²) in [5, 5.41) is 13.0. The van der Waals surface area contributed by atoms with Gasteiger partial charge in [-0.25, -0.2) is 14.7 Å². The number of cyclic esters (lactones) is 1. The molecule has 14 heteroatoms. The molecule has 1 aromatic heterocycles. The van der Waals surface area contributed by atoms with Gasteiger partial charge in [0.15, 0.2) is 0 Å². The fourth-order valence-corrected chi connectivity index (χ4v) is 9.45. The third-order valence-electron chi connectivity index (χ3n) is 11.8. The number of carbonyl (C=O) groups excluding carboxylic acids is 4. The SMILES string of the molecule is COCCOC(=O)N1C(=O)[C@@]2(c3ccccc31)[C@H](c1ccccc1OCCO)N1[C@H](c3ccccc3)[C@H](c3ccccc3)OC(=O)[C@H]1[C@@H]2C(=O)NCc1nc2ccccc2[nH]1. The molecule has 3 amide bonds. The van der Waals surface area contributed by atoms with Crippen LogP contribution in [-0.4, -0.2) is 83.4 Å². The summed E-state index contributed by atoms with van der Waals surface area (Å²) in [7, 11) is 1.47. The van der Waals surface area contributed by atoms with Gasteiger partial charge in [0.1, 0.15) is 42.3 Å². The van der Waals surface area contributed by atoms with Gasteiger partial charge in [-0.1, -0.05) is 109 Å². The van der Waals surface area contributed by atoms with Crippen LogP contribution in [0.25, 0.3) is 11.0 Å². The number of anilines is 1. The molecule has 1 spiro atoms. The van der Waals surface area contributed by atoms with Gasteiger partial charge in [-0.15, -0.1) is 0 Å². The quantitative estimate of drug-likeness (QED) is 0.102. The number of imide groups is 1. The lowest BCUT2D eigenvalue weighted by Gasteiger charge is -2.46. The highest BCUT2D eigenvalue weighted by molar-refractivity contribution is 6.23. The molecule has 3 N–H and O–H groups in total. The molecule has 0 bridgehead atoms. The summed E-state index contributed by atoms with van der Waals surface area (Å²) in [6.45, 7) is -0.530. The molecule has 3 aliphatic heterocycles. The average Bonchev–Trinajstić information content (AvgIpc) is 3.94. The number of hydrogen-bond acceptors (Lipinski definition) is 11. The fraction of sp³-hybridized carbons (Fsp3) is 0.255. The van der Waals surface area contributed by atoms with Crippen LogP contribution in [0.5, 0.6) is 5.75 Å². The number of benzene rings is 5. The van der Waals surface area contributed by atoms with Gasteiger partial charge in [0, 0.05) is 12.7 Å². The van der Waals surface area contributed by atoms with Crippen molar-refractivity contribution in [2.45, 2.75) is 36.2 Å². The monoisotopic (exact) mass is 821 g/mol. The Bertz CT molecular complexity index is 2550. The normalized spacial score (nSPS) is 23.1. The van der Waals surface area contributed by atoms with Gasteiger partial charge in [-0.05, 0) is 41.0 Å². The Kier molecular flexibility index (Phi) is 10.8. The van der Waals surface area contributed by atoms with Crippen LogP contribution in [0.15, 0.2) is 133 Å². The zero-order valence-corrected chi connectivity index (χ0v) is 33.2. The summed E-state index contributed by atoms with van der Waals surface area (Å²) in [5.74, 6) is -2.88. The van der Waals surface area contributed by atoms with Gasteiger partial charge >= 0.3 is 12.1 Å². The lowest BCUT2D eigenvalue weighted by molar-refractivity contribution is -0.178. The molecule has 6 aromatic rings. The summed E-state index contributed by atoms with van der Waals surface area (Å²) in [6, 6.07) is 36.8. The fourth-order valence-electron chi connectivity index (χ4n) is 9.45. The molecular formula is C47H43N5O9. The van der Waals surface area contributed by atoms with E-state index in [9.17, 15) is 9.90 Å². The molecule has 9 rings (SSSR count). The van der Waals surface area contributed by atoms with Crippen molar-refractivity contribution in [3.05, 3.63) is 162 Å². The number of imidazole rings is 1. The summed E-state index contributed by atoms with van der Waals surface area (Å²) in [5.41, 5.74) is 1.91. The van der Waals surface area contributed by atoms with Crippen LogP contribution in [0, 0.1) is 5.92 Å². The number of morpholine rings is 1. The van der Waals surface area contributed by atoms with Crippen LogP contribution in [0.3, 0.4) is 0 Å². The Balaban J connectivity index is 1.31. The first kappa shape index (κ1) is 39.6. The summed E-state index contributed by atoms with van der Waals surface area (Å²) < 4.78 is 23.5. The number of amides is 3. The number of nitrogens with zero attached hydrogens (tertiary/aromatic N) is 3. The second kappa shape index (κ2) is 16.6. The number of aromatic nitrogens is 2. The lowest BCUT2D eigenvalue weighted by atomic mass is 9.65. The minimum atomic E-state index is -1.99. The number of aliphatic hydroxyl groups excluding tert-OH is 1. The van der Waals surface area contributed by atoms with Crippen LogP contribution in [0.2, 0.25) is 0 Å². The number of para-hydroxylation sites is 4. The van der Waals surface area contributed by atoms with E-state index in [2.05, 4.69) is 15.3 Å². The van der Waals surface area contributed by atoms with Crippen molar-refractivity contribution in [1.29, 1.82) is 0 Å². The van der Waals surface area contributed by atoms with Gasteiger partial charge in [0.05, 0.1) is 54.5 Å². The molecule has 3 aliphatic rings. The molecule has 0 radical (unpaired) electrons. The number of nitrogens with one attached hydrogen (secondary N) is 2. The second-order valence-electron chi connectivity index (χ2n) is 15.1. The third kappa shape index (κ3) is 6.69. The number of hydrogen-bond donors (Lipinski definition) is 3. The zero-order chi connectivity index (χ0) is 42.1. The highest BCUT2D eigenvalue weighted by Crippen LogP contribution is 2.66. The lowest BCUT2D eigenvalue weighted by Crippen LogP contribution is -2.55. The Hall–Kier alpha value is -6.87. The van der Waals surface area contributed by atoms with Crippen LogP contribution in [-0.2, 0) is 40.6 Å². The third-order valence-corrected chi connectivity index (χ3v) is 11.8. The highest BCUT2D eigenvalue weighted by atomic mass is 16.6. The predicted octanol–water partition coefficient (Wildman–Crippen LogP) is 5.70. The Morgan fingerprint density at radius 3 is 2.26 bits per heavy atom. The number of carbonyl (C=O) groups is 4. The molecule has 6 atom stereocenters. The number of H-pyrrole nitrogens is 1. The molecule has 2 fully saturated rings. The van der Waals surface area contributed by atoms with Crippen molar-refractivity contribution in [2.24, 2.45) is 5.92 Å². The summed E-state index contributed by atoms with van der Waals surface area (Å²) in [6.07, 6.45) is -1.87. The minimum Gasteiger partial charge on any atom is -0.491 e. The first-order valence-electron chi connectivity index (χ1n) is 20.1. The maximum absolute atomic E-state index is 16.1. The topological polar surface area (TPSA) is 173 Å². The Morgan fingerprint density at radius 2 is 1.51 bits per heavy atom. The average molecular weight is 822 g/mol. The van der Waals surface area contributed by atoms with E-state index in [1.54, 1.807) is 48.5 Å². The first-order chi connectivity index (χ1) is 29.9. The predicted molar refractivity (Wildman–Crippen MR) is 222 cm³/mol. The number of rotatable bonds is 12. The largest absolute Gasteiger partial charge is 0.491 e. The molecule has 14 nitrogen and oxygen atoms in total. The molecular weight excluding hydrogens is 779 g/mol. The van der Waals surface area contributed by atoms with Crippen LogP contribution in [0.4, 0.5) is 10.5 Å². The van der Waals surface area contributed by atoms with Crippen molar-refractivity contribution in [3.63, 3.8) is 0 Å². The first-order valence-corrected chi connectivity index (χ1v) is 20.1. The number of esters is 1. The van der Waals surface area contributed by atoms with E-state index in [0.717, 1.165) is 16.0 Å². The van der Waals surface area contributed by atoms with E-state index in [-0.39, 0.29) is 38.7 Å². The van der Waals surface area contributed by atoms with Gasteiger partial charge in [0.2, 0.25) is 11.8 Å². The number of aromatic amines is 1. The molecule has 5 aromatic carbocycles. The van der Waals surface area contributed by atoms with Crippen molar-refractivity contribution >= 4 is 40.6 Å². The Labute approximate surface area is 351 Å². The molecule has 61 heavy (non-hydrogen) atoms. The van der Waals surface area contributed by atoms with E-state index in [1.165, 1.54) is 7.11 Å². The second-order valence-corrected chi connectivity index (χ2v) is 15.1. The number of fused-ring (bicyclic) bond motifs is 4. The van der Waals surface area contributed by atoms with E-state index < -0.39 is 59.4 Å². The number of methoxy groups -OCH3 is 1. The zero-order valence-electron chi connectivity index (χ0n) is 33.2. The summed E-state index contributed by atoms with van der Waals surface area (Å²) in [4.78, 5) is 71.7. The van der Waals surface area contributed by atoms with E-state index in [1.807, 2.05) is 89.8 Å². The van der Waals surface area contributed by atoms with Crippen molar-refractivity contribution in [1.82, 2.24) is 20.2 Å². The number of ether oxygens (including phenoxy) is 4. The minimum absolute atomic E-state index is 0.0733. The van der Waals surface area contributed by atoms with Crippen molar-refractivity contribution in [3.8, 4) is 5.75 Å². The van der Waals surface area contributed by atoms with Crippen LogP contribution >= 0.6 is 0 Å². The van der Waals surface area contributed by atoms with Gasteiger partial charge in [-0.2, -0.15) is 0 Å². The maximum atomic E-state index is 16.1. The Morgan fingerprint density at radius 1 is 0.820 bits per heavy atom. The van der Waals surface area contributed by atoms with E-state index in [0.29, 0.717) is 33.8 Å². The highest BCUT2D eigenvalue weighted by Gasteiger charge is 2.76. The van der Waals surface area contributed by atoms with Crippen LogP contribution in [0.1, 0.15) is 46.3 Å². The van der Waals surface area contributed by atoms with E-state index in [4.69, 9.17) is 18.9 Å². The molecule has 0 aliphatic carbocycles. The van der Waals surface area contributed by atoms with Gasteiger partial charge in [-0.3, -0.25) is 19.3 Å². The van der Waals surface area contributed by atoms with Crippen molar-refractivity contribution in [2.75, 3.05) is 38.4 Å². The molecule has 310 valence electrons.